The third kappa shape index (κ3) is 7.62. The first-order chi connectivity index (χ1) is 27.4. The molecule has 57 heavy (non-hydrogen) atoms. The van der Waals surface area contributed by atoms with Gasteiger partial charge in [-0.2, -0.15) is 0 Å². The van der Waals surface area contributed by atoms with E-state index in [1.54, 1.807) is 0 Å². The summed E-state index contributed by atoms with van der Waals surface area (Å²) in [5.41, 5.74) is -0.577. The van der Waals surface area contributed by atoms with Crippen LogP contribution in [0.5, 0.6) is 0 Å². The predicted octanol–water partition coefficient (Wildman–Crippen LogP) is 3.49. The summed E-state index contributed by atoms with van der Waals surface area (Å²) in [6.07, 6.45) is 13.0. The molecule has 0 aromatic heterocycles. The van der Waals surface area contributed by atoms with Gasteiger partial charge in [-0.3, -0.25) is 42.5 Å². The van der Waals surface area contributed by atoms with Gasteiger partial charge in [0, 0.05) is 11.8 Å². The van der Waals surface area contributed by atoms with Crippen LogP contribution in [0.3, 0.4) is 0 Å². The summed E-state index contributed by atoms with van der Waals surface area (Å²) in [7, 11) is 0. The molecule has 10 rings (SSSR count). The van der Waals surface area contributed by atoms with E-state index >= 15 is 0 Å². The highest BCUT2D eigenvalue weighted by molar-refractivity contribution is 5.68. The highest BCUT2D eigenvalue weighted by Gasteiger charge is 2.58. The summed E-state index contributed by atoms with van der Waals surface area (Å²) >= 11 is 0. The van der Waals surface area contributed by atoms with Gasteiger partial charge in [-0.25, -0.2) is 4.79 Å². The zero-order valence-electron chi connectivity index (χ0n) is 35.9. The van der Waals surface area contributed by atoms with Crippen LogP contribution in [0.15, 0.2) is 0 Å². The number of ether oxygens (including phenoxy) is 3. The Hall–Kier alpha value is -1.13. The molecular formula is C44H77N9O4. The summed E-state index contributed by atoms with van der Waals surface area (Å²) in [6.45, 7) is 16.5. The zero-order chi connectivity index (χ0) is 39.3. The molecule has 22 atom stereocenters. The van der Waals surface area contributed by atoms with E-state index in [4.69, 9.17) is 14.2 Å². The molecule has 6 heterocycles. The molecule has 10 fully saturated rings. The normalized spacial score (nSPS) is 54.7. The van der Waals surface area contributed by atoms with E-state index in [-0.39, 0.29) is 67.6 Å². The molecule has 1 amide bonds. The van der Waals surface area contributed by atoms with Crippen LogP contribution < -0.4 is 47.9 Å². The third-order valence-corrected chi connectivity index (χ3v) is 17.5. The lowest BCUT2D eigenvalue weighted by Crippen LogP contribution is -2.62. The van der Waals surface area contributed by atoms with E-state index < -0.39 is 11.7 Å². The minimum atomic E-state index is -0.577. The van der Waals surface area contributed by atoms with E-state index in [1.807, 2.05) is 20.8 Å². The lowest BCUT2D eigenvalue weighted by molar-refractivity contribution is -0.0842. The third-order valence-electron chi connectivity index (χ3n) is 17.5. The molecule has 4 saturated carbocycles. The Morgan fingerprint density at radius 1 is 0.509 bits per heavy atom. The Bertz CT molecular complexity index is 1360. The summed E-state index contributed by atoms with van der Waals surface area (Å²) < 4.78 is 19.7. The Morgan fingerprint density at radius 2 is 0.842 bits per heavy atom. The van der Waals surface area contributed by atoms with Crippen LogP contribution in [-0.2, 0) is 14.2 Å². The largest absolute Gasteiger partial charge is 0.444 e. The van der Waals surface area contributed by atoms with Crippen molar-refractivity contribution in [3.63, 3.8) is 0 Å². The number of nitrogens with one attached hydrogen (secondary N) is 9. The van der Waals surface area contributed by atoms with Crippen LogP contribution in [0.1, 0.15) is 113 Å². The Morgan fingerprint density at radius 3 is 1.21 bits per heavy atom. The fraction of sp³-hybridized carbons (Fsp3) is 0.977. The quantitative estimate of drug-likeness (QED) is 0.191. The van der Waals surface area contributed by atoms with Gasteiger partial charge >= 0.3 is 6.09 Å². The summed E-state index contributed by atoms with van der Waals surface area (Å²) in [4.78, 5) is 13.2. The number of alkyl carbamates (subject to hydrolysis) is 1. The number of hydrogen-bond donors (Lipinski definition) is 9. The van der Waals surface area contributed by atoms with Crippen molar-refractivity contribution in [2.24, 2.45) is 71.0 Å². The molecule has 0 radical (unpaired) electrons. The van der Waals surface area contributed by atoms with Gasteiger partial charge in [0.2, 0.25) is 0 Å². The fourth-order valence-electron chi connectivity index (χ4n) is 14.3. The van der Waals surface area contributed by atoms with Crippen molar-refractivity contribution in [3.05, 3.63) is 0 Å². The molecule has 8 bridgehead atoms. The summed E-state index contributed by atoms with van der Waals surface area (Å²) in [5.74, 6) is 6.70. The van der Waals surface area contributed by atoms with E-state index in [9.17, 15) is 4.79 Å². The molecule has 0 spiro atoms. The van der Waals surface area contributed by atoms with E-state index in [1.165, 1.54) is 38.5 Å². The fourth-order valence-corrected chi connectivity index (χ4v) is 14.3. The highest BCUT2D eigenvalue weighted by Crippen LogP contribution is 2.49. The number of carbonyl (C=O) groups excluding carboxylic acids is 1. The molecule has 4 aliphatic carbocycles. The minimum absolute atomic E-state index is 0.0695. The average molecular weight is 796 g/mol. The van der Waals surface area contributed by atoms with Crippen LogP contribution in [0, 0.1) is 71.0 Å². The van der Waals surface area contributed by atoms with Gasteiger partial charge in [0.05, 0.1) is 80.8 Å². The van der Waals surface area contributed by atoms with Crippen molar-refractivity contribution in [3.8, 4) is 0 Å². The Labute approximate surface area is 342 Å². The second-order valence-electron chi connectivity index (χ2n) is 22.1. The standard InChI is InChI=1S/C44H77N9O4/c1-20-14-27-29(16-22(20)3)39-48-37(27)46-35-25-10-8-12-31-33(25)41(51-35)53-42-34-26(11-9-13-32(34)56-19-24(18-55-31)45-43(54)57-44(5,6)7)36(52-42)47-38-28-15-21(2)23(4)17-30(28)40(49-38)50-39/h20-42,46-53H,8-19H2,1-7H3,(H,45,54). The molecule has 22 unspecified atom stereocenters. The Balaban J connectivity index is 1.01. The van der Waals surface area contributed by atoms with Crippen molar-refractivity contribution in [2.75, 3.05) is 13.2 Å². The minimum Gasteiger partial charge on any atom is -0.444 e. The predicted molar refractivity (Wildman–Crippen MR) is 219 cm³/mol. The van der Waals surface area contributed by atoms with Crippen LogP contribution >= 0.6 is 0 Å². The van der Waals surface area contributed by atoms with Gasteiger partial charge in [0.1, 0.15) is 5.60 Å². The molecule has 13 nitrogen and oxygen atoms in total. The molecule has 0 aromatic rings. The van der Waals surface area contributed by atoms with Crippen LogP contribution in [-0.4, -0.2) is 92.5 Å². The van der Waals surface area contributed by atoms with Crippen LogP contribution in [0.4, 0.5) is 4.79 Å². The number of amides is 1. The monoisotopic (exact) mass is 796 g/mol. The van der Waals surface area contributed by atoms with Crippen molar-refractivity contribution < 1.29 is 19.0 Å². The first-order valence-corrected chi connectivity index (χ1v) is 23.7. The van der Waals surface area contributed by atoms with Crippen molar-refractivity contribution in [1.29, 1.82) is 0 Å². The second-order valence-corrected chi connectivity index (χ2v) is 22.1. The van der Waals surface area contributed by atoms with Crippen molar-refractivity contribution in [1.82, 2.24) is 47.9 Å². The molecule has 13 heteroatoms. The highest BCUT2D eigenvalue weighted by atomic mass is 16.6. The Kier molecular flexibility index (Phi) is 11.0. The average Bonchev–Trinajstić information content (AvgIpc) is 3.88. The molecule has 0 aromatic carbocycles. The molecule has 6 aliphatic heterocycles. The zero-order valence-corrected chi connectivity index (χ0v) is 35.9. The lowest BCUT2D eigenvalue weighted by Gasteiger charge is -2.42. The van der Waals surface area contributed by atoms with Gasteiger partial charge in [-0.15, -0.1) is 0 Å². The van der Waals surface area contributed by atoms with Gasteiger partial charge in [-0.1, -0.05) is 40.5 Å². The smallest absolute Gasteiger partial charge is 0.408 e. The van der Waals surface area contributed by atoms with E-state index in [0.29, 0.717) is 60.6 Å². The molecular weight excluding hydrogens is 719 g/mol. The SMILES string of the molecule is CC1CC2C3NC4NC(NC5NC6NC7NC(NC(N3)C2CC1C)C1CCCC(OCC(NC(=O)OC(C)(C)C)COC2CCCC5C62)C71)C1CC(C)C(C)CC41. The van der Waals surface area contributed by atoms with E-state index in [2.05, 4.69) is 75.5 Å². The second kappa shape index (κ2) is 15.6. The van der Waals surface area contributed by atoms with Gasteiger partial charge in [0.25, 0.3) is 0 Å². The molecule has 9 N–H and O–H groups in total. The van der Waals surface area contributed by atoms with Crippen molar-refractivity contribution in [2.45, 2.75) is 186 Å². The number of carbonyl (C=O) groups is 1. The van der Waals surface area contributed by atoms with Crippen LogP contribution in [0.25, 0.3) is 0 Å². The molecule has 10 aliphatic rings. The number of fused-ring (bicyclic) bond motifs is 14. The first kappa shape index (κ1) is 40.0. The van der Waals surface area contributed by atoms with E-state index in [0.717, 1.165) is 49.4 Å². The van der Waals surface area contributed by atoms with Crippen molar-refractivity contribution >= 4 is 6.09 Å². The van der Waals surface area contributed by atoms with Crippen LogP contribution in [0.2, 0.25) is 0 Å². The van der Waals surface area contributed by atoms with Gasteiger partial charge in [0.15, 0.2) is 0 Å². The number of hydrogen-bond acceptors (Lipinski definition) is 12. The van der Waals surface area contributed by atoms with Gasteiger partial charge in [-0.05, 0) is 131 Å². The first-order valence-electron chi connectivity index (χ1n) is 23.7. The summed E-state index contributed by atoms with van der Waals surface area (Å²) in [6, 6.07) is -0.290. The maximum atomic E-state index is 13.2. The molecule has 6 saturated heterocycles. The number of rotatable bonds is 1. The molecule has 322 valence electrons. The summed E-state index contributed by atoms with van der Waals surface area (Å²) in [5, 5.41) is 37.3. The lowest BCUT2D eigenvalue weighted by atomic mass is 9.68. The maximum absolute atomic E-state index is 13.2. The van der Waals surface area contributed by atoms with Gasteiger partial charge < -0.3 is 19.5 Å². The topological polar surface area (TPSA) is 153 Å². The maximum Gasteiger partial charge on any atom is 0.408 e.